The first-order valence-electron chi connectivity index (χ1n) is 11.3. The number of benzene rings is 2. The number of hydrogen-bond acceptors (Lipinski definition) is 5. The lowest BCUT2D eigenvalue weighted by Crippen LogP contribution is -2.30. The maximum absolute atomic E-state index is 12.4. The zero-order valence-electron chi connectivity index (χ0n) is 19.2. The average Bonchev–Trinajstić information content (AvgIpc) is 3.07. The van der Waals surface area contributed by atoms with Crippen molar-refractivity contribution in [3.8, 4) is 28.5 Å². The molecule has 1 aliphatic rings. The van der Waals surface area contributed by atoms with Crippen LogP contribution in [0.5, 0.6) is 0 Å². The molecule has 0 atom stereocenters. The van der Waals surface area contributed by atoms with E-state index in [1.807, 2.05) is 6.07 Å². The molecular formula is C26H26N6O. The summed E-state index contributed by atoms with van der Waals surface area (Å²) in [5, 5.41) is 10.2. The van der Waals surface area contributed by atoms with E-state index in [0.717, 1.165) is 48.3 Å². The van der Waals surface area contributed by atoms with Gasteiger partial charge in [-0.05, 0) is 49.4 Å². The standard InChI is InChI=1S/C26H26N6O/c1-17-7-9-18(10-8-17)19-13-20(21(15-27)23(14-19)32-11-5-4-6-12-32)22-16-28-24-25(29-22)31(3)26(33)30(24)2/h7-10,13-14,16H,4-6,11-12H2,1-3H3. The van der Waals surface area contributed by atoms with Crippen molar-refractivity contribution in [3.05, 3.63) is 64.2 Å². The number of piperidine rings is 1. The Kier molecular flexibility index (Phi) is 5.21. The lowest BCUT2D eigenvalue weighted by molar-refractivity contribution is 0.577. The Balaban J connectivity index is 1.76. The first-order valence-corrected chi connectivity index (χ1v) is 11.3. The monoisotopic (exact) mass is 438 g/mol. The molecule has 5 rings (SSSR count). The molecule has 1 fully saturated rings. The number of aryl methyl sites for hydroxylation is 3. The first kappa shape index (κ1) is 21.0. The zero-order chi connectivity index (χ0) is 23.1. The highest BCUT2D eigenvalue weighted by Gasteiger charge is 2.22. The number of anilines is 1. The van der Waals surface area contributed by atoms with Crippen molar-refractivity contribution >= 4 is 17.0 Å². The van der Waals surface area contributed by atoms with Gasteiger partial charge in [-0.1, -0.05) is 29.8 Å². The normalized spacial score (nSPS) is 13.9. The molecule has 0 radical (unpaired) electrons. The maximum Gasteiger partial charge on any atom is 0.330 e. The molecule has 166 valence electrons. The summed E-state index contributed by atoms with van der Waals surface area (Å²) in [5.41, 5.74) is 7.04. The predicted octanol–water partition coefficient (Wildman–Crippen LogP) is 4.17. The lowest BCUT2D eigenvalue weighted by atomic mass is 9.94. The van der Waals surface area contributed by atoms with E-state index in [1.165, 1.54) is 21.1 Å². The second-order valence-electron chi connectivity index (χ2n) is 8.75. The van der Waals surface area contributed by atoms with Crippen LogP contribution >= 0.6 is 0 Å². The number of nitrogens with zero attached hydrogens (tertiary/aromatic N) is 6. The average molecular weight is 439 g/mol. The van der Waals surface area contributed by atoms with E-state index < -0.39 is 0 Å². The Morgan fingerprint density at radius 2 is 1.64 bits per heavy atom. The summed E-state index contributed by atoms with van der Waals surface area (Å²) in [4.78, 5) is 24.0. The van der Waals surface area contributed by atoms with Gasteiger partial charge in [-0.15, -0.1) is 0 Å². The van der Waals surface area contributed by atoms with Crippen LogP contribution in [0.1, 0.15) is 30.4 Å². The van der Waals surface area contributed by atoms with Crippen molar-refractivity contribution in [2.45, 2.75) is 26.2 Å². The fourth-order valence-electron chi connectivity index (χ4n) is 4.61. The Hall–Kier alpha value is -3.92. The largest absolute Gasteiger partial charge is 0.370 e. The van der Waals surface area contributed by atoms with E-state index >= 15 is 0 Å². The van der Waals surface area contributed by atoms with E-state index in [-0.39, 0.29) is 5.69 Å². The predicted molar refractivity (Wildman–Crippen MR) is 130 cm³/mol. The fraction of sp³-hybridized carbons (Fsp3) is 0.308. The highest BCUT2D eigenvalue weighted by molar-refractivity contribution is 5.85. The molecule has 0 N–H and O–H groups in total. The highest BCUT2D eigenvalue weighted by Crippen LogP contribution is 2.37. The van der Waals surface area contributed by atoms with E-state index in [0.29, 0.717) is 22.6 Å². The minimum Gasteiger partial charge on any atom is -0.370 e. The fourth-order valence-corrected chi connectivity index (χ4v) is 4.61. The van der Waals surface area contributed by atoms with E-state index in [1.54, 1.807) is 20.3 Å². The third kappa shape index (κ3) is 3.58. The SMILES string of the molecule is Cc1ccc(-c2cc(-c3cnc4c(n3)n(C)c(=O)n4C)c(C#N)c(N3CCCCC3)c2)cc1. The summed E-state index contributed by atoms with van der Waals surface area (Å²) >= 11 is 0. The number of imidazole rings is 1. The summed E-state index contributed by atoms with van der Waals surface area (Å²) in [6.07, 6.45) is 5.11. The summed E-state index contributed by atoms with van der Waals surface area (Å²) in [6, 6.07) is 15.0. The third-order valence-electron chi connectivity index (χ3n) is 6.53. The van der Waals surface area contributed by atoms with Gasteiger partial charge in [-0.25, -0.2) is 14.8 Å². The van der Waals surface area contributed by atoms with Crippen LogP contribution in [0.4, 0.5) is 5.69 Å². The van der Waals surface area contributed by atoms with Crippen LogP contribution in [-0.4, -0.2) is 32.2 Å². The molecule has 0 bridgehead atoms. The summed E-state index contributed by atoms with van der Waals surface area (Å²) in [7, 11) is 3.38. The van der Waals surface area contributed by atoms with Crippen molar-refractivity contribution in [2.24, 2.45) is 14.1 Å². The van der Waals surface area contributed by atoms with E-state index in [2.05, 4.69) is 53.2 Å². The molecule has 0 unspecified atom stereocenters. The Morgan fingerprint density at radius 3 is 2.33 bits per heavy atom. The van der Waals surface area contributed by atoms with Gasteiger partial charge in [0.25, 0.3) is 0 Å². The van der Waals surface area contributed by atoms with Gasteiger partial charge in [-0.3, -0.25) is 9.13 Å². The molecular weight excluding hydrogens is 412 g/mol. The Bertz CT molecular complexity index is 1450. The van der Waals surface area contributed by atoms with Crippen LogP contribution < -0.4 is 10.6 Å². The first-order chi connectivity index (χ1) is 16.0. The molecule has 3 heterocycles. The molecule has 0 aliphatic carbocycles. The van der Waals surface area contributed by atoms with Gasteiger partial charge in [0.1, 0.15) is 6.07 Å². The molecule has 0 amide bonds. The van der Waals surface area contributed by atoms with Crippen molar-refractivity contribution in [1.29, 1.82) is 5.26 Å². The Morgan fingerprint density at radius 1 is 0.939 bits per heavy atom. The Labute approximate surface area is 192 Å². The maximum atomic E-state index is 12.4. The van der Waals surface area contributed by atoms with Gasteiger partial charge in [0.05, 0.1) is 23.1 Å². The number of rotatable bonds is 3. The number of hydrogen-bond donors (Lipinski definition) is 0. The minimum absolute atomic E-state index is 0.176. The number of fused-ring (bicyclic) bond motifs is 1. The highest BCUT2D eigenvalue weighted by atomic mass is 16.1. The van der Waals surface area contributed by atoms with Crippen LogP contribution in [0, 0.1) is 18.3 Å². The molecule has 1 aliphatic heterocycles. The topological polar surface area (TPSA) is 79.7 Å². The van der Waals surface area contributed by atoms with E-state index in [4.69, 9.17) is 4.98 Å². The second kappa shape index (κ2) is 8.21. The van der Waals surface area contributed by atoms with Crippen LogP contribution in [0.3, 0.4) is 0 Å². The quantitative estimate of drug-likeness (QED) is 0.480. The number of aromatic nitrogens is 4. The smallest absolute Gasteiger partial charge is 0.330 e. The van der Waals surface area contributed by atoms with Gasteiger partial charge >= 0.3 is 5.69 Å². The van der Waals surface area contributed by atoms with Crippen LogP contribution in [0.15, 0.2) is 47.4 Å². The molecule has 7 heteroatoms. The van der Waals surface area contributed by atoms with E-state index in [9.17, 15) is 10.1 Å². The summed E-state index contributed by atoms with van der Waals surface area (Å²) in [6.45, 7) is 3.94. The van der Waals surface area contributed by atoms with Crippen molar-refractivity contribution in [3.63, 3.8) is 0 Å². The van der Waals surface area contributed by atoms with Gasteiger partial charge < -0.3 is 4.90 Å². The van der Waals surface area contributed by atoms with Gasteiger partial charge in [0.2, 0.25) is 0 Å². The van der Waals surface area contributed by atoms with Crippen molar-refractivity contribution in [1.82, 2.24) is 19.1 Å². The van der Waals surface area contributed by atoms with Crippen molar-refractivity contribution in [2.75, 3.05) is 18.0 Å². The molecule has 0 saturated carbocycles. The third-order valence-corrected chi connectivity index (χ3v) is 6.53. The van der Waals surface area contributed by atoms with Gasteiger partial charge in [0, 0.05) is 32.7 Å². The van der Waals surface area contributed by atoms with Crippen LogP contribution in [-0.2, 0) is 14.1 Å². The molecule has 2 aromatic heterocycles. The number of nitriles is 1. The van der Waals surface area contributed by atoms with Crippen LogP contribution in [0.25, 0.3) is 33.7 Å². The summed E-state index contributed by atoms with van der Waals surface area (Å²) < 4.78 is 2.98. The molecule has 0 spiro atoms. The molecule has 4 aromatic rings. The molecule has 33 heavy (non-hydrogen) atoms. The minimum atomic E-state index is -0.176. The molecule has 7 nitrogen and oxygen atoms in total. The summed E-state index contributed by atoms with van der Waals surface area (Å²) in [5.74, 6) is 0. The van der Waals surface area contributed by atoms with Crippen LogP contribution in [0.2, 0.25) is 0 Å². The van der Waals surface area contributed by atoms with Gasteiger partial charge in [0.15, 0.2) is 11.3 Å². The molecule has 2 aromatic carbocycles. The molecule has 1 saturated heterocycles. The second-order valence-corrected chi connectivity index (χ2v) is 8.75. The zero-order valence-corrected chi connectivity index (χ0v) is 19.2. The van der Waals surface area contributed by atoms with Crippen molar-refractivity contribution < 1.29 is 0 Å². The lowest BCUT2D eigenvalue weighted by Gasteiger charge is -2.30. The van der Waals surface area contributed by atoms with Gasteiger partial charge in [-0.2, -0.15) is 5.26 Å².